The smallest absolute Gasteiger partial charge is 0.319 e. The Balaban J connectivity index is 1.42. The zero-order chi connectivity index (χ0) is 28.5. The Labute approximate surface area is 239 Å². The summed E-state index contributed by atoms with van der Waals surface area (Å²) in [5, 5.41) is 0.481. The molecule has 6 rings (SSSR count). The average Bonchev–Trinajstić information content (AvgIpc) is 3.64. The van der Waals surface area contributed by atoms with Gasteiger partial charge in [-0.15, -0.1) is 0 Å². The summed E-state index contributed by atoms with van der Waals surface area (Å²) in [5.74, 6) is -0.197. The van der Waals surface area contributed by atoms with Crippen LogP contribution in [0.4, 0.5) is 10.2 Å². The van der Waals surface area contributed by atoms with Gasteiger partial charge in [0, 0.05) is 37.4 Å². The molecule has 1 aromatic carbocycles. The highest BCUT2D eigenvalue weighted by molar-refractivity contribution is 5.92. The minimum absolute atomic E-state index is 0.119. The van der Waals surface area contributed by atoms with Crippen LogP contribution in [0.25, 0.3) is 27.0 Å². The number of amides is 1. The number of hydrogen-bond acceptors (Lipinski definition) is 7. The molecule has 0 saturated carbocycles. The summed E-state index contributed by atoms with van der Waals surface area (Å²) in [6, 6.07) is 6.02. The Morgan fingerprint density at radius 2 is 2.10 bits per heavy atom. The van der Waals surface area contributed by atoms with Crippen LogP contribution < -0.4 is 9.64 Å². The molecule has 2 aliphatic heterocycles. The monoisotopic (exact) mass is 555 g/mol. The van der Waals surface area contributed by atoms with Gasteiger partial charge in [0.25, 0.3) is 0 Å². The van der Waals surface area contributed by atoms with E-state index in [0.29, 0.717) is 37.4 Å². The second-order valence-corrected chi connectivity index (χ2v) is 11.1. The van der Waals surface area contributed by atoms with Gasteiger partial charge in [0.1, 0.15) is 29.7 Å². The van der Waals surface area contributed by atoms with E-state index in [0.717, 1.165) is 49.8 Å². The first-order chi connectivity index (χ1) is 20.0. The molecule has 41 heavy (non-hydrogen) atoms. The summed E-state index contributed by atoms with van der Waals surface area (Å²) in [6.07, 6.45) is 8.00. The van der Waals surface area contributed by atoms with E-state index < -0.39 is 5.82 Å². The molecule has 2 fully saturated rings. The Bertz CT molecular complexity index is 1540. The summed E-state index contributed by atoms with van der Waals surface area (Å²) in [6.45, 7) is 13.8. The molecule has 0 unspecified atom stereocenters. The van der Waals surface area contributed by atoms with Gasteiger partial charge < -0.3 is 24.3 Å². The number of benzene rings is 1. The lowest BCUT2D eigenvalue weighted by Gasteiger charge is -2.39. The molecule has 2 atom stereocenters. The average molecular weight is 556 g/mol. The van der Waals surface area contributed by atoms with Crippen molar-refractivity contribution in [2.45, 2.75) is 44.2 Å². The number of pyridine rings is 1. The fourth-order valence-electron chi connectivity index (χ4n) is 6.43. The molecule has 212 valence electrons. The number of aryl methyl sites for hydroxylation is 1. The fraction of sp³-hybridized carbons (Fsp3) is 0.452. The number of carbonyl (C=O) groups excluding carboxylic acids is 1. The van der Waals surface area contributed by atoms with Crippen molar-refractivity contribution < 1.29 is 13.9 Å². The van der Waals surface area contributed by atoms with Crippen LogP contribution in [0.3, 0.4) is 0 Å². The van der Waals surface area contributed by atoms with E-state index in [-0.39, 0.29) is 41.8 Å². The van der Waals surface area contributed by atoms with Crippen LogP contribution in [0.15, 0.2) is 37.1 Å². The van der Waals surface area contributed by atoms with Crippen molar-refractivity contribution in [3.63, 3.8) is 0 Å². The zero-order valence-corrected chi connectivity index (χ0v) is 23.4. The first-order valence-corrected chi connectivity index (χ1v) is 14.3. The second-order valence-electron chi connectivity index (χ2n) is 11.1. The van der Waals surface area contributed by atoms with Crippen LogP contribution in [0.5, 0.6) is 6.01 Å². The lowest BCUT2D eigenvalue weighted by Crippen LogP contribution is -2.56. The molecule has 1 aliphatic carbocycles. The Morgan fingerprint density at radius 1 is 1.22 bits per heavy atom. The molecule has 9 nitrogen and oxygen atoms in total. The van der Waals surface area contributed by atoms with Gasteiger partial charge in [-0.3, -0.25) is 9.78 Å². The van der Waals surface area contributed by atoms with Gasteiger partial charge >= 0.3 is 6.01 Å². The van der Waals surface area contributed by atoms with Crippen LogP contribution in [0, 0.1) is 12.4 Å². The molecular weight excluding hydrogens is 521 g/mol. The first-order valence-electron chi connectivity index (χ1n) is 14.3. The highest BCUT2D eigenvalue weighted by Crippen LogP contribution is 2.37. The number of carbonyl (C=O) groups is 1. The molecular formula is C31H34FN7O2. The number of piperazine rings is 1. The maximum atomic E-state index is 16.4. The maximum Gasteiger partial charge on any atom is 0.319 e. The third-order valence-electron chi connectivity index (χ3n) is 8.66. The number of aromatic nitrogens is 3. The molecule has 1 amide bonds. The van der Waals surface area contributed by atoms with Crippen molar-refractivity contribution in [3.8, 4) is 17.3 Å². The molecule has 2 saturated heterocycles. The zero-order valence-electron chi connectivity index (χ0n) is 23.4. The molecule has 10 heteroatoms. The summed E-state index contributed by atoms with van der Waals surface area (Å²) in [4.78, 5) is 35.9. The van der Waals surface area contributed by atoms with Gasteiger partial charge in [-0.1, -0.05) is 24.8 Å². The number of hydrogen-bond donors (Lipinski definition) is 0. The Morgan fingerprint density at radius 3 is 2.88 bits per heavy atom. The van der Waals surface area contributed by atoms with Crippen molar-refractivity contribution in [3.05, 3.63) is 65.4 Å². The lowest BCUT2D eigenvalue weighted by molar-refractivity contribution is -0.128. The summed E-state index contributed by atoms with van der Waals surface area (Å²) in [5.41, 5.74) is 3.66. The van der Waals surface area contributed by atoms with E-state index in [1.54, 1.807) is 11.1 Å². The molecule has 2 aromatic heterocycles. The number of fused-ring (bicyclic) bond motifs is 2. The van der Waals surface area contributed by atoms with Crippen LogP contribution in [-0.2, 0) is 17.6 Å². The predicted octanol–water partition coefficient (Wildman–Crippen LogP) is 3.92. The third kappa shape index (κ3) is 5.10. The number of likely N-dealkylation sites (N-methyl/N-ethyl adjacent to an activating group) is 1. The van der Waals surface area contributed by atoms with E-state index in [1.165, 1.54) is 11.6 Å². The highest BCUT2D eigenvalue weighted by atomic mass is 19.1. The van der Waals surface area contributed by atoms with Gasteiger partial charge in [0.15, 0.2) is 5.82 Å². The number of rotatable bonds is 7. The van der Waals surface area contributed by atoms with Crippen LogP contribution in [-0.4, -0.2) is 89.1 Å². The predicted molar refractivity (Wildman–Crippen MR) is 155 cm³/mol. The van der Waals surface area contributed by atoms with Crippen molar-refractivity contribution in [2.24, 2.45) is 0 Å². The fourth-order valence-corrected chi connectivity index (χ4v) is 6.43. The Hall–Kier alpha value is -4.10. The lowest BCUT2D eigenvalue weighted by atomic mass is 9.99. The molecule has 0 radical (unpaired) electrons. The van der Waals surface area contributed by atoms with Gasteiger partial charge in [-0.2, -0.15) is 9.97 Å². The second kappa shape index (κ2) is 11.4. The van der Waals surface area contributed by atoms with Crippen LogP contribution in [0.2, 0.25) is 0 Å². The topological polar surface area (TPSA) is 79.1 Å². The van der Waals surface area contributed by atoms with Crippen molar-refractivity contribution in [1.29, 1.82) is 0 Å². The van der Waals surface area contributed by atoms with Gasteiger partial charge in [-0.25, -0.2) is 11.0 Å². The van der Waals surface area contributed by atoms with E-state index in [1.807, 2.05) is 17.0 Å². The number of ether oxygens (including phenoxy) is 1. The summed E-state index contributed by atoms with van der Waals surface area (Å²) < 4.78 is 22.5. The van der Waals surface area contributed by atoms with Crippen LogP contribution >= 0.6 is 0 Å². The number of anilines is 1. The summed E-state index contributed by atoms with van der Waals surface area (Å²) >= 11 is 0. The van der Waals surface area contributed by atoms with Gasteiger partial charge in [0.2, 0.25) is 12.5 Å². The van der Waals surface area contributed by atoms with Crippen molar-refractivity contribution >= 4 is 22.6 Å². The molecule has 0 N–H and O–H groups in total. The molecule has 0 spiro atoms. The summed E-state index contributed by atoms with van der Waals surface area (Å²) in [7, 11) is 2.07. The Kier molecular flexibility index (Phi) is 7.54. The molecule has 3 aromatic rings. The SMILES string of the molecule is [C-]#[N+]C[C@H]1CN(c2nc(OC[C@@H]3CCCN3C)nc3c(F)c(-c4cccc5c4CCC5)ncc23)CCN1C(=O)C=C. The minimum Gasteiger partial charge on any atom is -0.462 e. The molecule has 3 aliphatic rings. The number of halogens is 1. The van der Waals surface area contributed by atoms with Gasteiger partial charge in [-0.05, 0) is 62.9 Å². The minimum atomic E-state index is -0.493. The largest absolute Gasteiger partial charge is 0.462 e. The van der Waals surface area contributed by atoms with E-state index in [2.05, 4.69) is 39.4 Å². The van der Waals surface area contributed by atoms with E-state index >= 15 is 4.39 Å². The van der Waals surface area contributed by atoms with E-state index in [4.69, 9.17) is 16.3 Å². The standard InChI is InChI=1S/C31H34FN7O2/c1-4-26(40)39-15-14-38(18-22(39)16-33-2)30-25-17-34-28(24-12-6-9-20-8-5-11-23(20)24)27(32)29(25)35-31(36-30)41-19-21-10-7-13-37(21)3/h4,6,9,12,17,21-22H,1,5,7-8,10-11,13-16,18-19H2,3H3/t21-,22-/m0/s1. The van der Waals surface area contributed by atoms with Crippen LogP contribution in [0.1, 0.15) is 30.4 Å². The van der Waals surface area contributed by atoms with Gasteiger partial charge in [0.05, 0.1) is 5.39 Å². The molecule has 0 bridgehead atoms. The van der Waals surface area contributed by atoms with Crippen molar-refractivity contribution in [1.82, 2.24) is 24.8 Å². The highest BCUT2D eigenvalue weighted by Gasteiger charge is 2.34. The maximum absolute atomic E-state index is 16.4. The number of likely N-dealkylation sites (tertiary alicyclic amines) is 1. The molecule has 4 heterocycles. The third-order valence-corrected chi connectivity index (χ3v) is 8.66. The first kappa shape index (κ1) is 27.1. The van der Waals surface area contributed by atoms with E-state index in [9.17, 15) is 4.79 Å². The van der Waals surface area contributed by atoms with Crippen molar-refractivity contribution in [2.75, 3.05) is 51.3 Å². The normalized spacial score (nSPS) is 20.7. The quantitative estimate of drug-likeness (QED) is 0.323. The number of nitrogens with zero attached hydrogens (tertiary/aromatic N) is 7.